The third kappa shape index (κ3) is 2.87. The zero-order valence-corrected chi connectivity index (χ0v) is 11.8. The van der Waals surface area contributed by atoms with Gasteiger partial charge in [0.05, 0.1) is 5.39 Å². The Morgan fingerprint density at radius 2 is 1.95 bits per heavy atom. The Labute approximate surface area is 117 Å². The Balaban J connectivity index is 2.32. The summed E-state index contributed by atoms with van der Waals surface area (Å²) in [5.41, 5.74) is 0.113. The molecule has 20 heavy (non-hydrogen) atoms. The van der Waals surface area contributed by atoms with E-state index in [-0.39, 0.29) is 11.5 Å². The molecule has 1 aromatic carbocycles. The van der Waals surface area contributed by atoms with E-state index in [9.17, 15) is 9.59 Å². The summed E-state index contributed by atoms with van der Waals surface area (Å²) in [6.07, 6.45) is 3.14. The van der Waals surface area contributed by atoms with Gasteiger partial charge in [-0.3, -0.25) is 9.59 Å². The number of benzene rings is 1. The number of hydrogen-bond acceptors (Lipinski definition) is 3. The molecule has 5 nitrogen and oxygen atoms in total. The average Bonchev–Trinajstić information content (AvgIpc) is 2.47. The molecule has 0 radical (unpaired) electrons. The first kappa shape index (κ1) is 14.2. The molecule has 0 saturated heterocycles. The minimum atomic E-state index is -0.229. The van der Waals surface area contributed by atoms with Crippen molar-refractivity contribution in [1.29, 1.82) is 0 Å². The highest BCUT2D eigenvalue weighted by Gasteiger charge is 2.14. The molecule has 1 heterocycles. The van der Waals surface area contributed by atoms with Crippen molar-refractivity contribution in [3.05, 3.63) is 40.3 Å². The van der Waals surface area contributed by atoms with Crippen LogP contribution in [0.2, 0.25) is 0 Å². The van der Waals surface area contributed by atoms with Gasteiger partial charge in [-0.2, -0.15) is 5.10 Å². The van der Waals surface area contributed by atoms with Crippen LogP contribution in [0.3, 0.4) is 0 Å². The molecule has 5 heteroatoms. The number of nitrogens with zero attached hydrogens (tertiary/aromatic N) is 2. The Morgan fingerprint density at radius 3 is 2.65 bits per heavy atom. The quantitative estimate of drug-likeness (QED) is 0.846. The Morgan fingerprint density at radius 1 is 1.25 bits per heavy atom. The lowest BCUT2D eigenvalue weighted by Crippen LogP contribution is -2.30. The number of aromatic nitrogens is 2. The third-order valence-corrected chi connectivity index (χ3v) is 3.24. The van der Waals surface area contributed by atoms with Gasteiger partial charge in [0, 0.05) is 19.0 Å². The maximum absolute atomic E-state index is 12.2. The third-order valence-electron chi connectivity index (χ3n) is 3.24. The van der Waals surface area contributed by atoms with Gasteiger partial charge in [0.1, 0.15) is 0 Å². The number of carbonyl (C=O) groups excluding carboxylic acids is 1. The van der Waals surface area contributed by atoms with Crippen LogP contribution in [0.15, 0.2) is 29.1 Å². The van der Waals surface area contributed by atoms with E-state index in [0.29, 0.717) is 23.0 Å². The van der Waals surface area contributed by atoms with Crippen LogP contribution in [0.1, 0.15) is 36.7 Å². The SMILES string of the molecule is CCCCCNC(=O)c1nn(C)c(=O)c2ccccc12. The van der Waals surface area contributed by atoms with Crippen LogP contribution in [0.4, 0.5) is 0 Å². The summed E-state index contributed by atoms with van der Waals surface area (Å²) < 4.78 is 1.21. The molecule has 0 bridgehead atoms. The van der Waals surface area contributed by atoms with E-state index in [0.717, 1.165) is 19.3 Å². The summed E-state index contributed by atoms with van der Waals surface area (Å²) in [5.74, 6) is -0.229. The summed E-state index contributed by atoms with van der Waals surface area (Å²) >= 11 is 0. The molecule has 0 saturated carbocycles. The predicted octanol–water partition coefficient (Wildman–Crippen LogP) is 1.85. The summed E-state index contributed by atoms with van der Waals surface area (Å²) in [4.78, 5) is 24.2. The lowest BCUT2D eigenvalue weighted by molar-refractivity contribution is 0.0947. The van der Waals surface area contributed by atoms with Gasteiger partial charge in [-0.1, -0.05) is 38.0 Å². The van der Waals surface area contributed by atoms with E-state index in [1.807, 2.05) is 0 Å². The van der Waals surface area contributed by atoms with Gasteiger partial charge in [-0.25, -0.2) is 4.68 Å². The Hall–Kier alpha value is -2.17. The maximum atomic E-state index is 12.2. The number of fused-ring (bicyclic) bond motifs is 1. The van der Waals surface area contributed by atoms with Crippen molar-refractivity contribution in [2.75, 3.05) is 6.54 Å². The molecule has 0 atom stereocenters. The minimum Gasteiger partial charge on any atom is -0.351 e. The van der Waals surface area contributed by atoms with Gasteiger partial charge < -0.3 is 5.32 Å². The van der Waals surface area contributed by atoms with Crippen LogP contribution in [-0.2, 0) is 7.05 Å². The predicted molar refractivity (Wildman–Crippen MR) is 78.8 cm³/mol. The van der Waals surface area contributed by atoms with E-state index in [1.54, 1.807) is 31.3 Å². The standard InChI is InChI=1S/C15H19N3O2/c1-3-4-7-10-16-14(19)13-11-8-5-6-9-12(11)15(20)18(2)17-13/h5-6,8-9H,3-4,7,10H2,1-2H3,(H,16,19). The van der Waals surface area contributed by atoms with Crippen LogP contribution >= 0.6 is 0 Å². The molecule has 1 N–H and O–H groups in total. The molecule has 0 unspecified atom stereocenters. The van der Waals surface area contributed by atoms with Crippen molar-refractivity contribution in [2.24, 2.45) is 7.05 Å². The van der Waals surface area contributed by atoms with Gasteiger partial charge in [0.15, 0.2) is 5.69 Å². The normalized spacial score (nSPS) is 10.7. The van der Waals surface area contributed by atoms with E-state index in [1.165, 1.54) is 4.68 Å². The molecule has 0 fully saturated rings. The highest BCUT2D eigenvalue weighted by Crippen LogP contribution is 2.12. The lowest BCUT2D eigenvalue weighted by atomic mass is 10.1. The number of amides is 1. The Kier molecular flexibility index (Phi) is 4.50. The van der Waals surface area contributed by atoms with Gasteiger partial charge in [0.25, 0.3) is 11.5 Å². The smallest absolute Gasteiger partial charge is 0.274 e. The zero-order valence-electron chi connectivity index (χ0n) is 11.8. The molecular weight excluding hydrogens is 254 g/mol. The Bertz CT molecular complexity index is 676. The molecule has 2 rings (SSSR count). The summed E-state index contributed by atoms with van der Waals surface area (Å²) in [7, 11) is 1.56. The zero-order chi connectivity index (χ0) is 14.5. The van der Waals surface area contributed by atoms with Gasteiger partial charge >= 0.3 is 0 Å². The highest BCUT2D eigenvalue weighted by molar-refractivity contribution is 6.04. The van der Waals surface area contributed by atoms with Crippen molar-refractivity contribution >= 4 is 16.7 Å². The van der Waals surface area contributed by atoms with E-state index < -0.39 is 0 Å². The molecule has 1 aromatic heterocycles. The lowest BCUT2D eigenvalue weighted by Gasteiger charge is -2.08. The van der Waals surface area contributed by atoms with E-state index in [4.69, 9.17) is 0 Å². The number of carbonyl (C=O) groups is 1. The molecule has 0 spiro atoms. The minimum absolute atomic E-state index is 0.192. The number of rotatable bonds is 5. The fourth-order valence-corrected chi connectivity index (χ4v) is 2.13. The summed E-state index contributed by atoms with van der Waals surface area (Å²) in [5, 5.41) is 8.07. The molecule has 0 aliphatic heterocycles. The van der Waals surface area contributed by atoms with E-state index in [2.05, 4.69) is 17.3 Å². The fraction of sp³-hybridized carbons (Fsp3) is 0.400. The maximum Gasteiger partial charge on any atom is 0.274 e. The monoisotopic (exact) mass is 273 g/mol. The van der Waals surface area contributed by atoms with Gasteiger partial charge in [-0.15, -0.1) is 0 Å². The van der Waals surface area contributed by atoms with Crippen LogP contribution in [0.5, 0.6) is 0 Å². The molecule has 0 aliphatic rings. The first-order chi connectivity index (χ1) is 9.65. The van der Waals surface area contributed by atoms with E-state index >= 15 is 0 Å². The molecule has 2 aromatic rings. The molecule has 0 aliphatic carbocycles. The second-order valence-corrected chi connectivity index (χ2v) is 4.79. The second kappa shape index (κ2) is 6.32. The molecule has 106 valence electrons. The summed E-state index contributed by atoms with van der Waals surface area (Å²) in [6, 6.07) is 7.06. The fourth-order valence-electron chi connectivity index (χ4n) is 2.13. The number of hydrogen-bond donors (Lipinski definition) is 1. The molecular formula is C15H19N3O2. The average molecular weight is 273 g/mol. The molecule has 1 amide bonds. The number of unbranched alkanes of at least 4 members (excludes halogenated alkanes) is 2. The topological polar surface area (TPSA) is 64.0 Å². The van der Waals surface area contributed by atoms with Crippen LogP contribution in [-0.4, -0.2) is 22.2 Å². The van der Waals surface area contributed by atoms with Crippen LogP contribution in [0, 0.1) is 0 Å². The van der Waals surface area contributed by atoms with Crippen molar-refractivity contribution in [3.63, 3.8) is 0 Å². The van der Waals surface area contributed by atoms with Crippen LogP contribution in [0.25, 0.3) is 10.8 Å². The van der Waals surface area contributed by atoms with Gasteiger partial charge in [0.2, 0.25) is 0 Å². The van der Waals surface area contributed by atoms with Crippen molar-refractivity contribution in [2.45, 2.75) is 26.2 Å². The first-order valence-electron chi connectivity index (χ1n) is 6.89. The van der Waals surface area contributed by atoms with Crippen LogP contribution < -0.4 is 10.9 Å². The number of aryl methyl sites for hydroxylation is 1. The van der Waals surface area contributed by atoms with Crippen molar-refractivity contribution < 1.29 is 4.79 Å². The highest BCUT2D eigenvalue weighted by atomic mass is 16.2. The first-order valence-corrected chi connectivity index (χ1v) is 6.89. The van der Waals surface area contributed by atoms with Crippen molar-refractivity contribution in [3.8, 4) is 0 Å². The largest absolute Gasteiger partial charge is 0.351 e. The number of nitrogens with one attached hydrogen (secondary N) is 1. The summed E-state index contributed by atoms with van der Waals surface area (Å²) in [6.45, 7) is 2.75. The second-order valence-electron chi connectivity index (χ2n) is 4.79. The van der Waals surface area contributed by atoms with Gasteiger partial charge in [-0.05, 0) is 12.5 Å². The van der Waals surface area contributed by atoms with Crippen molar-refractivity contribution in [1.82, 2.24) is 15.1 Å².